The van der Waals surface area contributed by atoms with Crippen molar-refractivity contribution < 1.29 is 19.1 Å². The molecule has 2 aromatic carbocycles. The number of nitrogens with zero attached hydrogens (tertiary/aromatic N) is 3. The van der Waals surface area contributed by atoms with E-state index in [4.69, 9.17) is 26.2 Å². The monoisotopic (exact) mass is 512 g/mol. The number of amides is 2. The predicted octanol–water partition coefficient (Wildman–Crippen LogP) is 5.09. The van der Waals surface area contributed by atoms with Crippen LogP contribution < -0.4 is 14.8 Å². The molecule has 3 rings (SSSR count). The zero-order chi connectivity index (χ0) is 26.5. The standard InChI is InChI=1S/C27H33ClN4O4/c1-18(2)31(26(34)17-36-22-11-7-19(28)8-12-22)16-25(33)29-24-15-23(27(3,4)5)30-32(24)20-9-13-21(35-6)14-10-20/h7-15,18H,16-17H2,1-6H3,(H,29,33). The minimum atomic E-state index is -0.335. The number of anilines is 1. The first-order valence-electron chi connectivity index (χ1n) is 11.7. The van der Waals surface area contributed by atoms with Gasteiger partial charge >= 0.3 is 0 Å². The molecular formula is C27H33ClN4O4. The third-order valence-electron chi connectivity index (χ3n) is 5.50. The first kappa shape index (κ1) is 27.1. The fourth-order valence-corrected chi connectivity index (χ4v) is 3.54. The summed E-state index contributed by atoms with van der Waals surface area (Å²) in [4.78, 5) is 27.4. The highest BCUT2D eigenvalue weighted by Crippen LogP contribution is 2.27. The van der Waals surface area contributed by atoms with Gasteiger partial charge in [0.05, 0.1) is 18.5 Å². The summed E-state index contributed by atoms with van der Waals surface area (Å²) in [5, 5.41) is 8.24. The lowest BCUT2D eigenvalue weighted by atomic mass is 9.92. The van der Waals surface area contributed by atoms with Crippen LogP contribution in [0.1, 0.15) is 40.3 Å². The lowest BCUT2D eigenvalue weighted by Gasteiger charge is -2.26. The molecule has 0 fully saturated rings. The van der Waals surface area contributed by atoms with Crippen molar-refractivity contribution in [1.29, 1.82) is 0 Å². The number of benzene rings is 2. The summed E-state index contributed by atoms with van der Waals surface area (Å²) < 4.78 is 12.5. The topological polar surface area (TPSA) is 85.7 Å². The highest BCUT2D eigenvalue weighted by molar-refractivity contribution is 6.30. The highest BCUT2D eigenvalue weighted by Gasteiger charge is 2.24. The molecule has 9 heteroatoms. The van der Waals surface area contributed by atoms with Gasteiger partial charge in [0.15, 0.2) is 6.61 Å². The number of ether oxygens (including phenoxy) is 2. The molecule has 1 aromatic heterocycles. The molecule has 36 heavy (non-hydrogen) atoms. The van der Waals surface area contributed by atoms with Gasteiger partial charge in [-0.25, -0.2) is 4.68 Å². The van der Waals surface area contributed by atoms with Crippen molar-refractivity contribution in [1.82, 2.24) is 14.7 Å². The van der Waals surface area contributed by atoms with Crippen molar-refractivity contribution in [3.05, 3.63) is 65.3 Å². The molecule has 2 amide bonds. The van der Waals surface area contributed by atoms with Crippen LogP contribution in [0, 0.1) is 0 Å². The lowest BCUT2D eigenvalue weighted by Crippen LogP contribution is -2.44. The van der Waals surface area contributed by atoms with Crippen LogP contribution in [-0.2, 0) is 15.0 Å². The van der Waals surface area contributed by atoms with Gasteiger partial charge in [0.2, 0.25) is 5.91 Å². The van der Waals surface area contributed by atoms with Crippen molar-refractivity contribution in [2.24, 2.45) is 0 Å². The van der Waals surface area contributed by atoms with Gasteiger partial charge in [-0.3, -0.25) is 9.59 Å². The molecule has 0 aliphatic heterocycles. The van der Waals surface area contributed by atoms with E-state index in [1.165, 1.54) is 4.90 Å². The Balaban J connectivity index is 1.75. The van der Waals surface area contributed by atoms with E-state index in [1.807, 2.05) is 44.2 Å². The van der Waals surface area contributed by atoms with E-state index in [0.29, 0.717) is 16.6 Å². The van der Waals surface area contributed by atoms with Crippen LogP contribution in [-0.4, -0.2) is 52.8 Å². The minimum Gasteiger partial charge on any atom is -0.497 e. The maximum absolute atomic E-state index is 13.1. The van der Waals surface area contributed by atoms with Crippen LogP contribution in [0.15, 0.2) is 54.6 Å². The molecule has 0 radical (unpaired) electrons. The van der Waals surface area contributed by atoms with Crippen LogP contribution >= 0.6 is 11.6 Å². The minimum absolute atomic E-state index is 0.126. The van der Waals surface area contributed by atoms with Gasteiger partial charge in [-0.2, -0.15) is 5.10 Å². The summed E-state index contributed by atoms with van der Waals surface area (Å²) in [5.41, 5.74) is 1.37. The molecule has 0 aliphatic carbocycles. The molecule has 0 spiro atoms. The Morgan fingerprint density at radius 3 is 2.22 bits per heavy atom. The fourth-order valence-electron chi connectivity index (χ4n) is 3.41. The number of aromatic nitrogens is 2. The highest BCUT2D eigenvalue weighted by atomic mass is 35.5. The smallest absolute Gasteiger partial charge is 0.261 e. The van der Waals surface area contributed by atoms with Gasteiger partial charge in [-0.1, -0.05) is 32.4 Å². The van der Waals surface area contributed by atoms with Crippen molar-refractivity contribution in [2.75, 3.05) is 25.6 Å². The summed E-state index contributed by atoms with van der Waals surface area (Å²) in [6, 6.07) is 15.8. The van der Waals surface area contributed by atoms with Crippen LogP contribution in [0.5, 0.6) is 11.5 Å². The van der Waals surface area contributed by atoms with Crippen LogP contribution in [0.2, 0.25) is 5.02 Å². The molecule has 0 aliphatic rings. The van der Waals surface area contributed by atoms with Crippen LogP contribution in [0.25, 0.3) is 5.69 Å². The summed E-state index contributed by atoms with van der Waals surface area (Å²) in [6.07, 6.45) is 0. The van der Waals surface area contributed by atoms with E-state index in [9.17, 15) is 9.59 Å². The van der Waals surface area contributed by atoms with E-state index in [2.05, 4.69) is 26.1 Å². The Hall–Kier alpha value is -3.52. The summed E-state index contributed by atoms with van der Waals surface area (Å²) in [5.74, 6) is 1.13. The maximum atomic E-state index is 13.1. The quantitative estimate of drug-likeness (QED) is 0.432. The largest absolute Gasteiger partial charge is 0.497 e. The third kappa shape index (κ3) is 7.01. The molecule has 1 N–H and O–H groups in total. The second kappa shape index (κ2) is 11.5. The van der Waals surface area contributed by atoms with Crippen molar-refractivity contribution >= 4 is 29.2 Å². The Labute approximate surface area is 217 Å². The van der Waals surface area contributed by atoms with Gasteiger partial charge in [-0.05, 0) is 62.4 Å². The molecule has 192 valence electrons. The zero-order valence-corrected chi connectivity index (χ0v) is 22.3. The van der Waals surface area contributed by atoms with Gasteiger partial charge < -0.3 is 19.7 Å². The van der Waals surface area contributed by atoms with Crippen molar-refractivity contribution in [3.8, 4) is 17.2 Å². The SMILES string of the molecule is COc1ccc(-n2nc(C(C)(C)C)cc2NC(=O)CN(C(=O)COc2ccc(Cl)cc2)C(C)C)cc1. The Morgan fingerprint density at radius 1 is 1.06 bits per heavy atom. The number of hydrogen-bond acceptors (Lipinski definition) is 5. The second-order valence-corrected chi connectivity index (χ2v) is 10.1. The molecule has 0 bridgehead atoms. The first-order chi connectivity index (χ1) is 17.0. The Kier molecular flexibility index (Phi) is 8.63. The molecule has 0 saturated carbocycles. The number of carbonyl (C=O) groups excluding carboxylic acids is 2. The molecular weight excluding hydrogens is 480 g/mol. The van der Waals surface area contributed by atoms with E-state index in [1.54, 1.807) is 36.1 Å². The number of carbonyl (C=O) groups is 2. The average molecular weight is 513 g/mol. The maximum Gasteiger partial charge on any atom is 0.261 e. The third-order valence-corrected chi connectivity index (χ3v) is 5.75. The fraction of sp³-hybridized carbons (Fsp3) is 0.370. The molecule has 0 unspecified atom stereocenters. The van der Waals surface area contributed by atoms with E-state index in [-0.39, 0.29) is 36.4 Å². The van der Waals surface area contributed by atoms with Gasteiger partial charge in [-0.15, -0.1) is 0 Å². The average Bonchev–Trinajstić information content (AvgIpc) is 3.26. The lowest BCUT2D eigenvalue weighted by molar-refractivity contribution is -0.138. The van der Waals surface area contributed by atoms with Gasteiger partial charge in [0.1, 0.15) is 23.9 Å². The molecule has 1 heterocycles. The van der Waals surface area contributed by atoms with Gasteiger partial charge in [0, 0.05) is 22.5 Å². The summed E-state index contributed by atoms with van der Waals surface area (Å²) in [6.45, 7) is 9.56. The number of rotatable bonds is 9. The number of nitrogens with one attached hydrogen (secondary N) is 1. The molecule has 0 saturated heterocycles. The predicted molar refractivity (Wildman–Crippen MR) is 141 cm³/mol. The van der Waals surface area contributed by atoms with Gasteiger partial charge in [0.25, 0.3) is 5.91 Å². The van der Waals surface area contributed by atoms with Crippen molar-refractivity contribution in [2.45, 2.75) is 46.1 Å². The van der Waals surface area contributed by atoms with E-state index >= 15 is 0 Å². The number of methoxy groups -OCH3 is 1. The van der Waals surface area contributed by atoms with Crippen LogP contribution in [0.3, 0.4) is 0 Å². The zero-order valence-electron chi connectivity index (χ0n) is 21.5. The Morgan fingerprint density at radius 2 is 1.67 bits per heavy atom. The number of hydrogen-bond donors (Lipinski definition) is 1. The molecule has 3 aromatic rings. The second-order valence-electron chi connectivity index (χ2n) is 9.68. The van der Waals surface area contributed by atoms with E-state index in [0.717, 1.165) is 17.1 Å². The normalized spacial score (nSPS) is 11.3. The van der Waals surface area contributed by atoms with Crippen LogP contribution in [0.4, 0.5) is 5.82 Å². The van der Waals surface area contributed by atoms with Crippen molar-refractivity contribution in [3.63, 3.8) is 0 Å². The molecule has 8 nitrogen and oxygen atoms in total. The summed E-state index contributed by atoms with van der Waals surface area (Å²) in [7, 11) is 1.61. The van der Waals surface area contributed by atoms with E-state index < -0.39 is 0 Å². The number of halogens is 1. The molecule has 0 atom stereocenters. The first-order valence-corrected chi connectivity index (χ1v) is 12.1. The summed E-state index contributed by atoms with van der Waals surface area (Å²) >= 11 is 5.89. The Bertz CT molecular complexity index is 1180.